The quantitative estimate of drug-likeness (QED) is 0.848. The second-order valence-corrected chi connectivity index (χ2v) is 7.80. The van der Waals surface area contributed by atoms with Crippen molar-refractivity contribution in [2.24, 2.45) is 5.41 Å². The molecule has 2 N–H and O–H groups in total. The summed E-state index contributed by atoms with van der Waals surface area (Å²) in [5.41, 5.74) is 3.93. The maximum atomic E-state index is 13.0. The SMILES string of the molecule is CC(C)(C)OC(=O)N1CC2(CC(n3nc(N)cc3C(F)(F)F)C2)C1. The highest BCUT2D eigenvalue weighted by Crippen LogP contribution is 2.55. The van der Waals surface area contributed by atoms with Crippen molar-refractivity contribution in [1.29, 1.82) is 0 Å². The molecule has 0 aromatic carbocycles. The molecule has 2 aliphatic rings. The van der Waals surface area contributed by atoms with E-state index in [-0.39, 0.29) is 23.4 Å². The first-order valence-corrected chi connectivity index (χ1v) is 7.79. The molecule has 2 fully saturated rings. The van der Waals surface area contributed by atoms with E-state index >= 15 is 0 Å². The van der Waals surface area contributed by atoms with Crippen molar-refractivity contribution in [3.8, 4) is 0 Å². The first-order valence-electron chi connectivity index (χ1n) is 7.79. The summed E-state index contributed by atoms with van der Waals surface area (Å²) < 4.78 is 45.3. The molecule has 0 atom stereocenters. The van der Waals surface area contributed by atoms with Crippen LogP contribution in [0.1, 0.15) is 45.3 Å². The molecule has 2 heterocycles. The van der Waals surface area contributed by atoms with Gasteiger partial charge in [0.25, 0.3) is 0 Å². The standard InChI is InChI=1S/C15H21F3N4O2/c1-13(2,3)24-12(23)21-7-14(8-21)5-9(6-14)22-10(15(16,17)18)4-11(19)20-22/h4,9H,5-8H2,1-3H3,(H2,19,20). The van der Waals surface area contributed by atoms with Crippen LogP contribution < -0.4 is 5.73 Å². The summed E-state index contributed by atoms with van der Waals surface area (Å²) in [5, 5.41) is 3.79. The van der Waals surface area contributed by atoms with Crippen LogP contribution in [0.15, 0.2) is 6.07 Å². The van der Waals surface area contributed by atoms with Gasteiger partial charge in [-0.2, -0.15) is 18.3 Å². The number of nitrogens with two attached hydrogens (primary N) is 1. The number of halogens is 3. The van der Waals surface area contributed by atoms with Crippen LogP contribution in [0.3, 0.4) is 0 Å². The number of carbonyl (C=O) groups excluding carboxylic acids is 1. The van der Waals surface area contributed by atoms with E-state index in [9.17, 15) is 18.0 Å². The van der Waals surface area contributed by atoms with Crippen LogP contribution in [0.25, 0.3) is 0 Å². The Hall–Kier alpha value is -1.93. The minimum atomic E-state index is -4.48. The Morgan fingerprint density at radius 1 is 1.33 bits per heavy atom. The molecule has 1 aliphatic heterocycles. The Bertz CT molecular complexity index is 649. The molecule has 24 heavy (non-hydrogen) atoms. The molecule has 0 bridgehead atoms. The first kappa shape index (κ1) is 16.9. The second kappa shape index (κ2) is 5.03. The number of nitrogen functional groups attached to an aromatic ring is 1. The molecular formula is C15H21F3N4O2. The molecule has 3 rings (SSSR count). The number of aromatic nitrogens is 2. The highest BCUT2D eigenvalue weighted by molar-refractivity contribution is 5.69. The van der Waals surface area contributed by atoms with E-state index in [0.717, 1.165) is 10.7 Å². The van der Waals surface area contributed by atoms with Crippen LogP contribution in [0.2, 0.25) is 0 Å². The smallest absolute Gasteiger partial charge is 0.433 e. The van der Waals surface area contributed by atoms with E-state index in [2.05, 4.69) is 5.10 Å². The molecule has 1 aromatic rings. The average Bonchev–Trinajstić information content (AvgIpc) is 2.64. The van der Waals surface area contributed by atoms with Gasteiger partial charge in [0.2, 0.25) is 0 Å². The minimum absolute atomic E-state index is 0.120. The normalized spacial score (nSPS) is 20.7. The van der Waals surface area contributed by atoms with Gasteiger partial charge in [-0.1, -0.05) is 0 Å². The lowest BCUT2D eigenvalue weighted by Crippen LogP contribution is -2.64. The monoisotopic (exact) mass is 346 g/mol. The number of anilines is 1. The van der Waals surface area contributed by atoms with Crippen molar-refractivity contribution in [2.45, 2.75) is 51.4 Å². The van der Waals surface area contributed by atoms with Gasteiger partial charge in [-0.15, -0.1) is 0 Å². The van der Waals surface area contributed by atoms with Crippen molar-refractivity contribution < 1.29 is 22.7 Å². The van der Waals surface area contributed by atoms with Gasteiger partial charge in [0, 0.05) is 24.6 Å². The maximum Gasteiger partial charge on any atom is 0.433 e. The Morgan fingerprint density at radius 2 is 1.92 bits per heavy atom. The van der Waals surface area contributed by atoms with Crippen LogP contribution in [0, 0.1) is 5.41 Å². The van der Waals surface area contributed by atoms with E-state index in [1.54, 1.807) is 25.7 Å². The van der Waals surface area contributed by atoms with E-state index in [4.69, 9.17) is 10.5 Å². The summed E-state index contributed by atoms with van der Waals surface area (Å²) in [6.45, 7) is 6.40. The summed E-state index contributed by atoms with van der Waals surface area (Å²) >= 11 is 0. The van der Waals surface area contributed by atoms with Crippen molar-refractivity contribution in [3.05, 3.63) is 11.8 Å². The van der Waals surface area contributed by atoms with Gasteiger partial charge in [-0.05, 0) is 33.6 Å². The van der Waals surface area contributed by atoms with E-state index in [0.29, 0.717) is 25.9 Å². The van der Waals surface area contributed by atoms with Crippen LogP contribution in [-0.2, 0) is 10.9 Å². The highest BCUT2D eigenvalue weighted by atomic mass is 19.4. The summed E-state index contributed by atoms with van der Waals surface area (Å²) in [6.07, 6.45) is -3.75. The van der Waals surface area contributed by atoms with E-state index in [1.807, 2.05) is 0 Å². The number of alkyl halides is 3. The van der Waals surface area contributed by atoms with Gasteiger partial charge in [-0.25, -0.2) is 4.79 Å². The lowest BCUT2D eigenvalue weighted by Gasteiger charge is -2.58. The zero-order valence-electron chi connectivity index (χ0n) is 13.9. The van der Waals surface area contributed by atoms with Crippen LogP contribution in [-0.4, -0.2) is 39.5 Å². The number of hydrogen-bond acceptors (Lipinski definition) is 4. The summed E-state index contributed by atoms with van der Waals surface area (Å²) in [5.74, 6) is -0.132. The molecule has 1 spiro atoms. The number of nitrogens with zero attached hydrogens (tertiary/aromatic N) is 3. The molecular weight excluding hydrogens is 325 g/mol. The fourth-order valence-electron chi connectivity index (χ4n) is 3.49. The number of carbonyl (C=O) groups is 1. The molecule has 0 radical (unpaired) electrons. The molecule has 9 heteroatoms. The fraction of sp³-hybridized carbons (Fsp3) is 0.733. The molecule has 1 saturated heterocycles. The van der Waals surface area contributed by atoms with Crippen molar-refractivity contribution in [1.82, 2.24) is 14.7 Å². The number of rotatable bonds is 1. The largest absolute Gasteiger partial charge is 0.444 e. The molecule has 0 unspecified atom stereocenters. The molecule has 1 aliphatic carbocycles. The lowest BCUT2D eigenvalue weighted by molar-refractivity contribution is -0.150. The maximum absolute atomic E-state index is 13.0. The summed E-state index contributed by atoms with van der Waals surface area (Å²) in [7, 11) is 0. The van der Waals surface area contributed by atoms with Crippen molar-refractivity contribution in [3.63, 3.8) is 0 Å². The van der Waals surface area contributed by atoms with Gasteiger partial charge >= 0.3 is 12.3 Å². The molecule has 1 aromatic heterocycles. The van der Waals surface area contributed by atoms with Gasteiger partial charge in [0.15, 0.2) is 0 Å². The Labute approximate surface area is 137 Å². The summed E-state index contributed by atoms with van der Waals surface area (Å²) in [4.78, 5) is 13.5. The Morgan fingerprint density at radius 3 is 2.42 bits per heavy atom. The number of amides is 1. The molecule has 1 amide bonds. The Balaban J connectivity index is 1.59. The number of ether oxygens (including phenoxy) is 1. The number of likely N-dealkylation sites (tertiary alicyclic amines) is 1. The lowest BCUT2D eigenvalue weighted by atomic mass is 9.61. The van der Waals surface area contributed by atoms with Gasteiger partial charge in [0.1, 0.15) is 17.1 Å². The van der Waals surface area contributed by atoms with Gasteiger partial charge < -0.3 is 15.4 Å². The minimum Gasteiger partial charge on any atom is -0.444 e. The fourth-order valence-corrected chi connectivity index (χ4v) is 3.49. The molecule has 6 nitrogen and oxygen atoms in total. The molecule has 1 saturated carbocycles. The topological polar surface area (TPSA) is 73.4 Å². The second-order valence-electron chi connectivity index (χ2n) is 7.80. The highest BCUT2D eigenvalue weighted by Gasteiger charge is 2.56. The van der Waals surface area contributed by atoms with Gasteiger partial charge in [-0.3, -0.25) is 4.68 Å². The number of hydrogen-bond donors (Lipinski definition) is 1. The van der Waals surface area contributed by atoms with Crippen LogP contribution >= 0.6 is 0 Å². The first-order chi connectivity index (χ1) is 10.9. The third kappa shape index (κ3) is 3.03. The third-order valence-electron chi connectivity index (χ3n) is 4.43. The summed E-state index contributed by atoms with van der Waals surface area (Å²) in [6, 6.07) is 0.526. The van der Waals surface area contributed by atoms with Crippen LogP contribution in [0.4, 0.5) is 23.8 Å². The van der Waals surface area contributed by atoms with Crippen LogP contribution in [0.5, 0.6) is 0 Å². The van der Waals surface area contributed by atoms with Crippen molar-refractivity contribution in [2.75, 3.05) is 18.8 Å². The zero-order valence-corrected chi connectivity index (χ0v) is 13.9. The third-order valence-corrected chi connectivity index (χ3v) is 4.43. The Kier molecular flexibility index (Phi) is 3.55. The predicted molar refractivity (Wildman–Crippen MR) is 80.2 cm³/mol. The van der Waals surface area contributed by atoms with E-state index in [1.165, 1.54) is 0 Å². The predicted octanol–water partition coefficient (Wildman–Crippen LogP) is 3.06. The van der Waals surface area contributed by atoms with Gasteiger partial charge in [0.05, 0.1) is 6.04 Å². The molecule has 134 valence electrons. The van der Waals surface area contributed by atoms with E-state index < -0.39 is 17.5 Å². The van der Waals surface area contributed by atoms with Crippen molar-refractivity contribution >= 4 is 11.9 Å². The zero-order chi connectivity index (χ0) is 17.9. The average molecular weight is 346 g/mol.